The molecule has 0 amide bonds. The van der Waals surface area contributed by atoms with Crippen LogP contribution in [0.2, 0.25) is 0 Å². The molecule has 0 N–H and O–H groups in total. The fourth-order valence-corrected chi connectivity index (χ4v) is 13.2. The molecule has 4 heterocycles. The number of nitrogens with zero attached hydrogens (tertiary/aromatic N) is 4. The monoisotopic (exact) mass is 2310 g/mol. The minimum Gasteiger partial charge on any atom is -0.343 e. The molecule has 8 aliphatic rings. The molecular formula is C139H232N4Y4-8. The maximum atomic E-state index is 4.57. The minimum atomic E-state index is 0. The first kappa shape index (κ1) is 173. The summed E-state index contributed by atoms with van der Waals surface area (Å²) >= 11 is 0. The number of allylic oxidation sites excluding steroid dienone is 15. The van der Waals surface area contributed by atoms with Gasteiger partial charge in [0.15, 0.2) is 0 Å². The van der Waals surface area contributed by atoms with E-state index in [1.807, 2.05) is 191 Å². The first-order valence-corrected chi connectivity index (χ1v) is 57.3. The van der Waals surface area contributed by atoms with Crippen LogP contribution in [0.3, 0.4) is 0 Å². The van der Waals surface area contributed by atoms with E-state index in [2.05, 4.69) is 427 Å². The van der Waals surface area contributed by atoms with Crippen molar-refractivity contribution in [1.82, 2.24) is 0 Å². The normalized spacial score (nSPS) is 12.1. The fourth-order valence-electron chi connectivity index (χ4n) is 13.2. The summed E-state index contributed by atoms with van der Waals surface area (Å²) in [5.74, 6) is 9.18. The molecule has 0 bridgehead atoms. The molecule has 0 atom stereocenters. The van der Waals surface area contributed by atoms with Crippen LogP contribution in [0.4, 0.5) is 5.69 Å². The van der Waals surface area contributed by atoms with Crippen LogP contribution in [0.25, 0.3) is 0 Å². The Hall–Kier alpha value is -3.92. The number of rotatable bonds is 18. The van der Waals surface area contributed by atoms with Crippen molar-refractivity contribution in [3.63, 3.8) is 0 Å². The van der Waals surface area contributed by atoms with Crippen LogP contribution in [0.5, 0.6) is 0 Å². The number of benzene rings is 6. The molecule has 14 rings (SSSR count). The topological polar surface area (TPSA) is 49.4 Å². The van der Waals surface area contributed by atoms with Gasteiger partial charge in [0.25, 0.3) is 0 Å². The Morgan fingerprint density at radius 2 is 0.694 bits per heavy atom. The van der Waals surface area contributed by atoms with E-state index >= 15 is 0 Å². The smallest absolute Gasteiger partial charge is 0.0665 e. The van der Waals surface area contributed by atoms with Gasteiger partial charge < -0.3 is 26.7 Å². The average Bonchev–Trinajstić information content (AvgIpc) is 1.70. The van der Waals surface area contributed by atoms with Gasteiger partial charge in [-0.15, -0.1) is 0 Å². The molecule has 4 aliphatic carbocycles. The third-order valence-corrected chi connectivity index (χ3v) is 21.2. The second-order valence-corrected chi connectivity index (χ2v) is 35.8. The van der Waals surface area contributed by atoms with Crippen molar-refractivity contribution < 1.29 is 131 Å². The van der Waals surface area contributed by atoms with Gasteiger partial charge in [0.2, 0.25) is 0 Å². The summed E-state index contributed by atoms with van der Waals surface area (Å²) in [5, 5.41) is 0. The van der Waals surface area contributed by atoms with E-state index in [0.29, 0.717) is 65.1 Å². The van der Waals surface area contributed by atoms with Crippen LogP contribution in [0.15, 0.2) is 242 Å². The number of hydrogen-bond acceptors (Lipinski definition) is 4. The van der Waals surface area contributed by atoms with E-state index in [4.69, 9.17) is 0 Å². The standard InChI is InChI=1S/C13H18.2C12H16.C11H13N.2C11H14.3C8H12.3C7H11N.12C2H6.4Y/c1-10(2)8-12-6-5-7-13(9-12)11(3)4;1-9(2)11-7-3-5-10-6-4-8-12(10)11;1-4-6-11-7-5-8-12(9-11)10(2)3;1-8(2)11-7-9-5-3-4-6-10(9)12-11;2*1-4-10-6-5-7-11(8-10)9(2)3;3*1-7(2)8-5-3-4-6-8;3*1-6(2)7-3-4-8-5-7;12*1-2;;;;/h5-7,11H,8H2,1-4H3;3,5,7,9H,4,6,8H2,1-2H3;5,7-8,10H,1,4,6H2,2-3H3;3-6,8H,7H2,1-2H3;2*5-7,9H,1,4H2,2-3H3;2*3,5-7H,4H2,1-2H3;3-5,7H,6H2,1-2H3;2*3,5-6H,4H2,1-2H3;3-4,6H,5H2,1-2H3;12*1-2H3;;;;/q-2;;-2;;2*-2;;;;;;;;;;;;;;;;;;;;;;. The molecular weight excluding hydrogens is 2080 g/mol. The number of fused-ring (bicyclic) bond motifs is 2. The van der Waals surface area contributed by atoms with Crippen LogP contribution in [0, 0.1) is 92.4 Å². The Balaban J connectivity index is -0.000000107. The summed E-state index contributed by atoms with van der Waals surface area (Å²) in [6, 6.07) is 54.0. The fraction of sp³-hybridized carbons (Fsp3) is 0.554. The molecule has 6 aromatic carbocycles. The molecule has 828 valence electrons. The van der Waals surface area contributed by atoms with Crippen molar-refractivity contribution in [2.45, 2.75) is 453 Å². The Morgan fingerprint density at radius 3 is 0.959 bits per heavy atom. The number of aliphatic imine (C=N–C) groups is 4. The molecule has 0 saturated heterocycles. The van der Waals surface area contributed by atoms with Crippen LogP contribution >= 0.6 is 0 Å². The Morgan fingerprint density at radius 1 is 0.333 bits per heavy atom. The van der Waals surface area contributed by atoms with Gasteiger partial charge in [0, 0.05) is 162 Å². The Labute approximate surface area is 1020 Å². The number of hydrogen-bond donors (Lipinski definition) is 0. The molecule has 0 unspecified atom stereocenters. The number of aryl methyl sites for hydroxylation is 2. The quantitative estimate of drug-likeness (QED) is 0.0770. The van der Waals surface area contributed by atoms with Crippen LogP contribution in [0.1, 0.15) is 475 Å². The minimum absolute atomic E-state index is 0. The molecule has 0 aromatic heterocycles. The molecule has 6 aromatic rings. The number of para-hydroxylation sites is 1. The molecule has 4 nitrogen and oxygen atoms in total. The first-order chi connectivity index (χ1) is 68.7. The van der Waals surface area contributed by atoms with Gasteiger partial charge in [-0.1, -0.05) is 448 Å². The van der Waals surface area contributed by atoms with Gasteiger partial charge in [-0.05, 0) is 172 Å². The summed E-state index contributed by atoms with van der Waals surface area (Å²) in [7, 11) is 0. The van der Waals surface area contributed by atoms with E-state index in [0.717, 1.165) is 76.9 Å². The maximum Gasteiger partial charge on any atom is 0.0665 e. The predicted octanol–water partition coefficient (Wildman–Crippen LogP) is 44.2. The third kappa shape index (κ3) is 89.9. The Bertz CT molecular complexity index is 4070. The molecule has 0 fully saturated rings. The largest absolute Gasteiger partial charge is 0.343 e. The maximum absolute atomic E-state index is 4.57. The molecule has 4 aliphatic heterocycles. The van der Waals surface area contributed by atoms with Gasteiger partial charge in [0.05, 0.1) is 25.3 Å². The average molecular weight is 2320 g/mol. The van der Waals surface area contributed by atoms with Gasteiger partial charge in [0.1, 0.15) is 0 Å². The zero-order chi connectivity index (χ0) is 112. The summed E-state index contributed by atoms with van der Waals surface area (Å²) in [5.41, 5.74) is 27.6. The van der Waals surface area contributed by atoms with Gasteiger partial charge in [-0.3, -0.25) is 20.0 Å². The van der Waals surface area contributed by atoms with E-state index in [9.17, 15) is 0 Å². The van der Waals surface area contributed by atoms with Gasteiger partial charge >= 0.3 is 0 Å². The van der Waals surface area contributed by atoms with E-state index in [1.54, 1.807) is 22.3 Å². The van der Waals surface area contributed by atoms with Crippen LogP contribution < -0.4 is 0 Å². The van der Waals surface area contributed by atoms with Gasteiger partial charge in [-0.25, -0.2) is 0 Å². The summed E-state index contributed by atoms with van der Waals surface area (Å²) in [4.78, 5) is 16.8. The zero-order valence-corrected chi connectivity index (χ0v) is 117. The van der Waals surface area contributed by atoms with Crippen molar-refractivity contribution in [2.24, 2.45) is 61.4 Å². The van der Waals surface area contributed by atoms with Crippen molar-refractivity contribution in [2.75, 3.05) is 19.6 Å². The second kappa shape index (κ2) is 122. The molecule has 147 heavy (non-hydrogen) atoms. The summed E-state index contributed by atoms with van der Waals surface area (Å²) in [6.07, 6.45) is 45.4. The SMILES string of the molecule is CC.CC.CC.CC.CC.CC.CC.CC.CC.CC.CC.CC.CC(C)C1=CC=CC1.CC(C)C1=CC=NC1.CC(C)C1=CCC=C1.CC(C)C1=CCC=C1.CC(C)C1=CCN=C1.CC(C)C1=CCN=C1.CC(C)C1=Nc2ccccc2C1.CC(C)c1cccc2c1CCC2.C[C-](C)Cc1[c-]c(C(C)C)ccc1.[CH2-]CCc1[c-]c(C(C)C)ccc1.[CH2-]Cc1[c-]c(C(C)C)ccc1.[CH2-]Cc1[c-]c(C(C)C)ccc1.[Y].[Y].[Y].[Y]. The predicted molar refractivity (Wildman–Crippen MR) is 667 cm³/mol. The summed E-state index contributed by atoms with van der Waals surface area (Å²) in [6.45, 7) is 120. The molecule has 0 saturated carbocycles. The van der Waals surface area contributed by atoms with Crippen molar-refractivity contribution >= 4 is 30.0 Å². The Kier molecular flexibility index (Phi) is 144. The molecule has 4 radical (unpaired) electrons. The molecule has 8 heteroatoms. The van der Waals surface area contributed by atoms with Crippen molar-refractivity contribution in [3.8, 4) is 0 Å². The molecule has 0 spiro atoms. The van der Waals surface area contributed by atoms with Gasteiger partial charge in [-0.2, -0.15) is 181 Å². The van der Waals surface area contributed by atoms with Crippen molar-refractivity contribution in [1.29, 1.82) is 0 Å². The van der Waals surface area contributed by atoms with Crippen LogP contribution in [-0.2, 0) is 176 Å². The van der Waals surface area contributed by atoms with Crippen LogP contribution in [-0.4, -0.2) is 44.0 Å². The second-order valence-electron chi connectivity index (χ2n) is 35.8. The third-order valence-electron chi connectivity index (χ3n) is 21.2. The van der Waals surface area contributed by atoms with Crippen molar-refractivity contribution in [3.05, 3.63) is 339 Å². The zero-order valence-electron chi connectivity index (χ0n) is 106. The first-order valence-electron chi connectivity index (χ1n) is 57.3. The summed E-state index contributed by atoms with van der Waals surface area (Å²) < 4.78 is 0. The van der Waals surface area contributed by atoms with E-state index in [-0.39, 0.29) is 131 Å². The van der Waals surface area contributed by atoms with E-state index < -0.39 is 0 Å². The van der Waals surface area contributed by atoms with E-state index in [1.165, 1.54) is 121 Å².